The third-order valence-electron chi connectivity index (χ3n) is 6.04. The molecular formula is C29H24N2O2. The van der Waals surface area contributed by atoms with Crippen LogP contribution in [-0.4, -0.2) is 23.3 Å². The summed E-state index contributed by atoms with van der Waals surface area (Å²) in [5.41, 5.74) is 6.52. The van der Waals surface area contributed by atoms with Gasteiger partial charge in [0.25, 0.3) is 11.8 Å². The molecule has 0 aliphatic carbocycles. The number of fused-ring (bicyclic) bond motifs is 1. The van der Waals surface area contributed by atoms with Crippen molar-refractivity contribution < 1.29 is 9.59 Å². The van der Waals surface area contributed by atoms with Crippen LogP contribution in [0.2, 0.25) is 0 Å². The third kappa shape index (κ3) is 4.55. The first-order valence-electron chi connectivity index (χ1n) is 11.1. The average molecular weight is 433 g/mol. The quantitative estimate of drug-likeness (QED) is 0.443. The fraction of sp³-hybridized carbons (Fsp3) is 0.103. The van der Waals surface area contributed by atoms with Gasteiger partial charge in [-0.25, -0.2) is 0 Å². The molecule has 0 bridgehead atoms. The molecule has 0 radical (unpaired) electrons. The zero-order chi connectivity index (χ0) is 22.6. The molecule has 0 spiro atoms. The van der Waals surface area contributed by atoms with Gasteiger partial charge in [0.2, 0.25) is 0 Å². The largest absolute Gasteiger partial charge is 0.334 e. The van der Waals surface area contributed by atoms with Crippen molar-refractivity contribution in [3.63, 3.8) is 0 Å². The Balaban J connectivity index is 1.28. The van der Waals surface area contributed by atoms with Gasteiger partial charge >= 0.3 is 0 Å². The van der Waals surface area contributed by atoms with E-state index in [1.54, 1.807) is 0 Å². The van der Waals surface area contributed by atoms with Gasteiger partial charge in [-0.15, -0.1) is 0 Å². The van der Waals surface area contributed by atoms with E-state index in [-0.39, 0.29) is 11.8 Å². The van der Waals surface area contributed by atoms with Crippen molar-refractivity contribution >= 4 is 17.5 Å². The fourth-order valence-electron chi connectivity index (χ4n) is 4.22. The topological polar surface area (TPSA) is 49.4 Å². The minimum absolute atomic E-state index is 0.0363. The predicted octanol–water partition coefficient (Wildman–Crippen LogP) is 5.80. The molecule has 4 heteroatoms. The summed E-state index contributed by atoms with van der Waals surface area (Å²) >= 11 is 0. The minimum atomic E-state index is -0.150. The van der Waals surface area contributed by atoms with Gasteiger partial charge < -0.3 is 10.2 Å². The van der Waals surface area contributed by atoms with Gasteiger partial charge in [-0.05, 0) is 65.1 Å². The van der Waals surface area contributed by atoms with Crippen LogP contribution in [0.5, 0.6) is 0 Å². The number of nitrogens with zero attached hydrogens (tertiary/aromatic N) is 1. The highest BCUT2D eigenvalue weighted by Crippen LogP contribution is 2.25. The average Bonchev–Trinajstić information content (AvgIpc) is 2.89. The predicted molar refractivity (Wildman–Crippen MR) is 131 cm³/mol. The van der Waals surface area contributed by atoms with Gasteiger partial charge in [0.05, 0.1) is 0 Å². The van der Waals surface area contributed by atoms with Crippen molar-refractivity contribution in [3.8, 4) is 11.1 Å². The highest BCUT2D eigenvalue weighted by atomic mass is 16.2. The number of rotatable bonds is 4. The van der Waals surface area contributed by atoms with E-state index in [2.05, 4.69) is 5.32 Å². The van der Waals surface area contributed by atoms with Gasteiger partial charge in [-0.2, -0.15) is 0 Å². The summed E-state index contributed by atoms with van der Waals surface area (Å²) in [6.45, 7) is 1.23. The van der Waals surface area contributed by atoms with Crippen molar-refractivity contribution in [3.05, 3.63) is 125 Å². The van der Waals surface area contributed by atoms with Crippen LogP contribution in [-0.2, 0) is 13.0 Å². The number of nitrogens with one attached hydrogen (secondary N) is 1. The molecule has 4 aromatic carbocycles. The standard InChI is InChI=1S/C29H24N2O2/c32-28(24-13-11-22(12-14-24)21-7-3-1-4-8-21)30-27-16-15-23-17-18-31(20-26(23)19-27)29(33)25-9-5-2-6-10-25/h1-16,19H,17-18,20H2,(H,30,32). The Hall–Kier alpha value is -4.18. The molecule has 1 aliphatic rings. The Morgan fingerprint density at radius 3 is 2.06 bits per heavy atom. The summed E-state index contributed by atoms with van der Waals surface area (Å²) in [5, 5.41) is 3.00. The van der Waals surface area contributed by atoms with E-state index in [1.165, 1.54) is 5.56 Å². The maximum atomic E-state index is 12.8. The number of benzene rings is 4. The van der Waals surface area contributed by atoms with Gasteiger partial charge in [0, 0.05) is 29.9 Å². The minimum Gasteiger partial charge on any atom is -0.334 e. The lowest BCUT2D eigenvalue weighted by Crippen LogP contribution is -2.36. The zero-order valence-electron chi connectivity index (χ0n) is 18.2. The lowest BCUT2D eigenvalue weighted by molar-refractivity contribution is 0.0734. The molecule has 0 saturated heterocycles. The molecule has 0 aromatic heterocycles. The van der Waals surface area contributed by atoms with Crippen molar-refractivity contribution in [2.45, 2.75) is 13.0 Å². The van der Waals surface area contributed by atoms with Crippen LogP contribution in [0.1, 0.15) is 31.8 Å². The Bertz CT molecular complexity index is 1280. The second kappa shape index (κ2) is 9.13. The molecule has 0 unspecified atom stereocenters. The van der Waals surface area contributed by atoms with Gasteiger partial charge in [-0.1, -0.05) is 66.7 Å². The number of carbonyl (C=O) groups is 2. The molecule has 4 aromatic rings. The molecule has 1 aliphatic heterocycles. The van der Waals surface area contributed by atoms with E-state index in [1.807, 2.05) is 108 Å². The van der Waals surface area contributed by atoms with Crippen LogP contribution in [0.25, 0.3) is 11.1 Å². The number of hydrogen-bond donors (Lipinski definition) is 1. The first kappa shape index (κ1) is 20.7. The van der Waals surface area contributed by atoms with E-state index in [0.29, 0.717) is 24.2 Å². The van der Waals surface area contributed by atoms with Gasteiger partial charge in [0.15, 0.2) is 0 Å². The van der Waals surface area contributed by atoms with Crippen LogP contribution in [0.3, 0.4) is 0 Å². The SMILES string of the molecule is O=C(Nc1ccc2c(c1)CN(C(=O)c1ccccc1)CC2)c1ccc(-c2ccccc2)cc1. The van der Waals surface area contributed by atoms with Crippen molar-refractivity contribution in [1.82, 2.24) is 4.90 Å². The van der Waals surface area contributed by atoms with Crippen molar-refractivity contribution in [2.75, 3.05) is 11.9 Å². The molecule has 0 fully saturated rings. The molecule has 0 saturated carbocycles. The molecule has 5 rings (SSSR count). The molecule has 2 amide bonds. The second-order valence-electron chi connectivity index (χ2n) is 8.22. The maximum Gasteiger partial charge on any atom is 0.255 e. The Morgan fingerprint density at radius 1 is 0.667 bits per heavy atom. The monoisotopic (exact) mass is 432 g/mol. The van der Waals surface area contributed by atoms with E-state index < -0.39 is 0 Å². The fourth-order valence-corrected chi connectivity index (χ4v) is 4.22. The van der Waals surface area contributed by atoms with Crippen LogP contribution in [0.15, 0.2) is 103 Å². The molecular weight excluding hydrogens is 408 g/mol. The van der Waals surface area contributed by atoms with Crippen LogP contribution in [0.4, 0.5) is 5.69 Å². The van der Waals surface area contributed by atoms with E-state index in [9.17, 15) is 9.59 Å². The molecule has 1 N–H and O–H groups in total. The van der Waals surface area contributed by atoms with E-state index in [0.717, 1.165) is 28.8 Å². The molecule has 4 nitrogen and oxygen atoms in total. The van der Waals surface area contributed by atoms with Crippen LogP contribution >= 0.6 is 0 Å². The summed E-state index contributed by atoms with van der Waals surface area (Å²) in [6, 6.07) is 33.0. The Labute approximate surface area is 193 Å². The highest BCUT2D eigenvalue weighted by molar-refractivity contribution is 6.04. The summed E-state index contributed by atoms with van der Waals surface area (Å²) in [6.07, 6.45) is 0.809. The smallest absolute Gasteiger partial charge is 0.255 e. The van der Waals surface area contributed by atoms with Crippen molar-refractivity contribution in [2.24, 2.45) is 0 Å². The van der Waals surface area contributed by atoms with E-state index >= 15 is 0 Å². The number of carbonyl (C=O) groups excluding carboxylic acids is 2. The second-order valence-corrected chi connectivity index (χ2v) is 8.22. The number of hydrogen-bond acceptors (Lipinski definition) is 2. The zero-order valence-corrected chi connectivity index (χ0v) is 18.2. The van der Waals surface area contributed by atoms with Crippen LogP contribution < -0.4 is 5.32 Å². The Kier molecular flexibility index (Phi) is 5.73. The van der Waals surface area contributed by atoms with Crippen LogP contribution in [0, 0.1) is 0 Å². The molecule has 33 heavy (non-hydrogen) atoms. The molecule has 1 heterocycles. The summed E-state index contributed by atoms with van der Waals surface area (Å²) in [7, 11) is 0. The normalized spacial score (nSPS) is 12.7. The van der Waals surface area contributed by atoms with Crippen molar-refractivity contribution in [1.29, 1.82) is 0 Å². The number of anilines is 1. The van der Waals surface area contributed by atoms with Gasteiger partial charge in [-0.3, -0.25) is 9.59 Å². The highest BCUT2D eigenvalue weighted by Gasteiger charge is 2.22. The third-order valence-corrected chi connectivity index (χ3v) is 6.04. The summed E-state index contributed by atoms with van der Waals surface area (Å²) < 4.78 is 0. The van der Waals surface area contributed by atoms with E-state index in [4.69, 9.17) is 0 Å². The van der Waals surface area contributed by atoms with Gasteiger partial charge in [0.1, 0.15) is 0 Å². The lowest BCUT2D eigenvalue weighted by Gasteiger charge is -2.29. The summed E-state index contributed by atoms with van der Waals surface area (Å²) in [4.78, 5) is 27.5. The Morgan fingerprint density at radius 2 is 1.33 bits per heavy atom. The first-order valence-corrected chi connectivity index (χ1v) is 11.1. The maximum absolute atomic E-state index is 12.8. The number of amides is 2. The molecule has 162 valence electrons. The summed E-state index contributed by atoms with van der Waals surface area (Å²) in [5.74, 6) is -0.114. The first-order chi connectivity index (χ1) is 16.2. The molecule has 0 atom stereocenters. The lowest BCUT2D eigenvalue weighted by atomic mass is 9.98.